The molecule has 1 aliphatic rings. The van der Waals surface area contributed by atoms with Gasteiger partial charge in [0, 0.05) is 19.1 Å². The van der Waals surface area contributed by atoms with Crippen LogP contribution >= 0.6 is 37.2 Å². The van der Waals surface area contributed by atoms with Crippen molar-refractivity contribution in [1.82, 2.24) is 15.1 Å². The van der Waals surface area contributed by atoms with Gasteiger partial charge in [-0.15, -0.1) is 37.2 Å². The first kappa shape index (κ1) is 22.0. The zero-order valence-electron chi connectivity index (χ0n) is 10.4. The highest BCUT2D eigenvalue weighted by atomic mass is 35.5. The molecule has 6 heteroatoms. The normalized spacial score (nSPS) is 17.2. The second-order valence-electron chi connectivity index (χ2n) is 4.33. The maximum Gasteiger partial charge on any atom is 0.0101 e. The van der Waals surface area contributed by atoms with Gasteiger partial charge in [0.1, 0.15) is 0 Å². The number of halogens is 3. The van der Waals surface area contributed by atoms with E-state index in [1.165, 1.54) is 25.9 Å². The van der Waals surface area contributed by atoms with Gasteiger partial charge in [0.25, 0.3) is 0 Å². The highest BCUT2D eigenvalue weighted by Gasteiger charge is 2.15. The average Bonchev–Trinajstić information content (AvgIpc) is 2.08. The van der Waals surface area contributed by atoms with Crippen LogP contribution in [-0.2, 0) is 0 Å². The molecule has 0 saturated carbocycles. The van der Waals surface area contributed by atoms with Gasteiger partial charge in [-0.05, 0) is 47.1 Å². The minimum Gasteiger partial charge on any atom is -0.313 e. The lowest BCUT2D eigenvalue weighted by Crippen LogP contribution is -2.42. The van der Waals surface area contributed by atoms with Gasteiger partial charge in [-0.25, -0.2) is 0 Å². The third kappa shape index (κ3) is 9.94. The zero-order valence-corrected chi connectivity index (χ0v) is 12.9. The van der Waals surface area contributed by atoms with Gasteiger partial charge in [0.15, 0.2) is 0 Å². The molecule has 0 aromatic rings. The molecule has 0 unspecified atom stereocenters. The van der Waals surface area contributed by atoms with Crippen molar-refractivity contribution in [2.24, 2.45) is 0 Å². The number of nitrogens with zero attached hydrogens (tertiary/aromatic N) is 2. The van der Waals surface area contributed by atoms with Crippen molar-refractivity contribution in [3.05, 3.63) is 0 Å². The summed E-state index contributed by atoms with van der Waals surface area (Å²) in [5.74, 6) is 0. The number of piperidine rings is 1. The van der Waals surface area contributed by atoms with Crippen LogP contribution in [0.25, 0.3) is 0 Å². The zero-order chi connectivity index (χ0) is 9.68. The summed E-state index contributed by atoms with van der Waals surface area (Å²) in [4.78, 5) is 4.63. The summed E-state index contributed by atoms with van der Waals surface area (Å²) in [6.45, 7) is 4.77. The molecule has 0 bridgehead atoms. The fourth-order valence-electron chi connectivity index (χ4n) is 1.70. The van der Waals surface area contributed by atoms with E-state index in [9.17, 15) is 0 Å². The summed E-state index contributed by atoms with van der Waals surface area (Å²) in [7, 11) is 6.45. The summed E-state index contributed by atoms with van der Waals surface area (Å²) in [6.07, 6.45) is 2.62. The second-order valence-corrected chi connectivity index (χ2v) is 4.33. The van der Waals surface area contributed by atoms with Crippen molar-refractivity contribution >= 4 is 37.2 Å². The fourth-order valence-corrected chi connectivity index (χ4v) is 1.70. The van der Waals surface area contributed by atoms with E-state index in [4.69, 9.17) is 0 Å². The summed E-state index contributed by atoms with van der Waals surface area (Å²) < 4.78 is 0. The first-order valence-electron chi connectivity index (χ1n) is 5.25. The van der Waals surface area contributed by atoms with Crippen LogP contribution in [0.1, 0.15) is 12.8 Å². The molecule has 0 aromatic heterocycles. The molecule has 16 heavy (non-hydrogen) atoms. The maximum atomic E-state index is 3.61. The number of likely N-dealkylation sites (N-methyl/N-ethyl adjacent to an activating group) is 1. The van der Waals surface area contributed by atoms with Crippen LogP contribution in [0.5, 0.6) is 0 Å². The van der Waals surface area contributed by atoms with Crippen LogP contribution < -0.4 is 5.32 Å². The Morgan fingerprint density at radius 3 is 2.06 bits per heavy atom. The van der Waals surface area contributed by atoms with E-state index in [2.05, 4.69) is 36.3 Å². The molecule has 0 spiro atoms. The van der Waals surface area contributed by atoms with Gasteiger partial charge in [0.05, 0.1) is 0 Å². The molecule has 1 saturated heterocycles. The Balaban J connectivity index is -0.000000563. The topological polar surface area (TPSA) is 18.5 Å². The van der Waals surface area contributed by atoms with Gasteiger partial charge in [-0.1, -0.05) is 0 Å². The van der Waals surface area contributed by atoms with E-state index in [1.807, 2.05) is 0 Å². The van der Waals surface area contributed by atoms with E-state index in [0.29, 0.717) is 0 Å². The molecule has 102 valence electrons. The van der Waals surface area contributed by atoms with Crippen LogP contribution in [-0.4, -0.2) is 63.2 Å². The average molecular weight is 295 g/mol. The quantitative estimate of drug-likeness (QED) is 0.848. The Bertz CT molecular complexity index is 139. The summed E-state index contributed by atoms with van der Waals surface area (Å²) in [5, 5.41) is 3.61. The lowest BCUT2D eigenvalue weighted by atomic mass is 10.1. The minimum absolute atomic E-state index is 0. The highest BCUT2D eigenvalue weighted by Crippen LogP contribution is 2.07. The van der Waals surface area contributed by atoms with E-state index in [0.717, 1.165) is 19.1 Å². The SMILES string of the molecule is CN(C)CCNC1CCN(C)CC1.Cl.Cl.Cl. The molecule has 0 radical (unpaired) electrons. The molecule has 1 heterocycles. The van der Waals surface area contributed by atoms with Gasteiger partial charge in [-0.3, -0.25) is 0 Å². The second kappa shape index (κ2) is 12.2. The van der Waals surface area contributed by atoms with Gasteiger partial charge < -0.3 is 15.1 Å². The molecule has 0 amide bonds. The lowest BCUT2D eigenvalue weighted by molar-refractivity contribution is 0.231. The smallest absolute Gasteiger partial charge is 0.0101 e. The molecule has 1 rings (SSSR count). The van der Waals surface area contributed by atoms with Gasteiger partial charge in [0.2, 0.25) is 0 Å². The third-order valence-electron chi connectivity index (χ3n) is 2.71. The molecule has 0 aromatic carbocycles. The maximum absolute atomic E-state index is 3.61. The number of likely N-dealkylation sites (tertiary alicyclic amines) is 1. The molecular weight excluding hydrogens is 268 g/mol. The molecule has 0 atom stereocenters. The molecule has 1 fully saturated rings. The summed E-state index contributed by atoms with van der Waals surface area (Å²) in [5.41, 5.74) is 0. The van der Waals surface area contributed by atoms with Crippen LogP contribution in [0.4, 0.5) is 0 Å². The van der Waals surface area contributed by atoms with Gasteiger partial charge in [-0.2, -0.15) is 0 Å². The Morgan fingerprint density at radius 2 is 1.62 bits per heavy atom. The predicted octanol–water partition coefficient (Wildman–Crippen LogP) is 1.50. The number of nitrogens with one attached hydrogen (secondary N) is 1. The monoisotopic (exact) mass is 293 g/mol. The molecular formula is C10H26Cl3N3. The molecule has 0 aliphatic carbocycles. The summed E-state index contributed by atoms with van der Waals surface area (Å²) in [6, 6.07) is 0.760. The Hall–Kier alpha value is 0.750. The van der Waals surface area contributed by atoms with Crippen LogP contribution in [0, 0.1) is 0 Å². The van der Waals surface area contributed by atoms with Gasteiger partial charge >= 0.3 is 0 Å². The Labute approximate surface area is 119 Å². The number of hydrogen-bond donors (Lipinski definition) is 1. The van der Waals surface area contributed by atoms with E-state index < -0.39 is 0 Å². The van der Waals surface area contributed by atoms with Crippen molar-refractivity contribution in [1.29, 1.82) is 0 Å². The number of rotatable bonds is 4. The Morgan fingerprint density at radius 1 is 1.12 bits per heavy atom. The highest BCUT2D eigenvalue weighted by molar-refractivity contribution is 5.86. The van der Waals surface area contributed by atoms with Crippen LogP contribution in [0.3, 0.4) is 0 Å². The van der Waals surface area contributed by atoms with E-state index in [-0.39, 0.29) is 37.2 Å². The van der Waals surface area contributed by atoms with Crippen molar-refractivity contribution < 1.29 is 0 Å². The van der Waals surface area contributed by atoms with Crippen LogP contribution in [0.15, 0.2) is 0 Å². The minimum atomic E-state index is 0. The third-order valence-corrected chi connectivity index (χ3v) is 2.71. The first-order chi connectivity index (χ1) is 6.18. The lowest BCUT2D eigenvalue weighted by Gasteiger charge is -2.29. The van der Waals surface area contributed by atoms with Crippen LogP contribution in [0.2, 0.25) is 0 Å². The van der Waals surface area contributed by atoms with Crippen molar-refractivity contribution in [2.45, 2.75) is 18.9 Å². The molecule has 1 N–H and O–H groups in total. The first-order valence-corrected chi connectivity index (χ1v) is 5.25. The van der Waals surface area contributed by atoms with E-state index in [1.54, 1.807) is 0 Å². The predicted molar refractivity (Wildman–Crippen MR) is 78.8 cm³/mol. The molecule has 3 nitrogen and oxygen atoms in total. The van der Waals surface area contributed by atoms with Crippen molar-refractivity contribution in [3.8, 4) is 0 Å². The molecule has 1 aliphatic heterocycles. The Kier molecular flexibility index (Phi) is 16.8. The fraction of sp³-hybridized carbons (Fsp3) is 1.00. The summed E-state index contributed by atoms with van der Waals surface area (Å²) >= 11 is 0. The van der Waals surface area contributed by atoms with E-state index >= 15 is 0 Å². The van der Waals surface area contributed by atoms with Crippen molar-refractivity contribution in [2.75, 3.05) is 47.3 Å². The standard InChI is InChI=1S/C10H23N3.3ClH/c1-12(2)9-6-11-10-4-7-13(3)8-5-10;;;/h10-11H,4-9H2,1-3H3;3*1H. The largest absolute Gasteiger partial charge is 0.313 e. The van der Waals surface area contributed by atoms with Crippen molar-refractivity contribution in [3.63, 3.8) is 0 Å². The number of hydrogen-bond acceptors (Lipinski definition) is 3.